The number of nitro groups is 1. The Morgan fingerprint density at radius 3 is 2.70 bits per heavy atom. The van der Waals surface area contributed by atoms with Gasteiger partial charge in [-0.15, -0.1) is 0 Å². The average Bonchev–Trinajstić information content (AvgIpc) is 2.90. The van der Waals surface area contributed by atoms with Gasteiger partial charge in [0.15, 0.2) is 0 Å². The minimum atomic E-state index is -1.22. The minimum absolute atomic E-state index is 0.0454. The monoisotopic (exact) mass is 385 g/mol. The van der Waals surface area contributed by atoms with Crippen LogP contribution < -0.4 is 16.1 Å². The summed E-state index contributed by atoms with van der Waals surface area (Å²) in [5, 5.41) is 23.4. The number of nitro benzene ring substituents is 1. The molecule has 0 aliphatic carbocycles. The van der Waals surface area contributed by atoms with E-state index in [1.54, 1.807) is 6.07 Å². The van der Waals surface area contributed by atoms with Crippen molar-refractivity contribution in [3.05, 3.63) is 89.7 Å². The molecule has 1 aromatic heterocycles. The number of carboxylic acids is 1. The van der Waals surface area contributed by atoms with Gasteiger partial charge >= 0.3 is 5.97 Å². The van der Waals surface area contributed by atoms with Gasteiger partial charge in [0.25, 0.3) is 11.2 Å². The second kappa shape index (κ2) is 6.93. The number of hydrogen-bond acceptors (Lipinski definition) is 4. The van der Waals surface area contributed by atoms with Gasteiger partial charge in [-0.2, -0.15) is 0 Å². The lowest BCUT2D eigenvalue weighted by atomic mass is 10.1. The molecule has 3 aromatic rings. The van der Waals surface area contributed by atoms with Gasteiger partial charge in [0.2, 0.25) is 0 Å². The molecule has 0 atom stereocenters. The Morgan fingerprint density at radius 2 is 2.04 bits per heavy atom. The Labute approximate surface area is 156 Å². The zero-order valence-electron chi connectivity index (χ0n) is 13.7. The summed E-state index contributed by atoms with van der Waals surface area (Å²) in [6.07, 6.45) is 1.47. The van der Waals surface area contributed by atoms with Crippen LogP contribution in [0.2, 0.25) is 5.02 Å². The smallest absolute Gasteiger partial charge is 0.337 e. The van der Waals surface area contributed by atoms with E-state index in [0.29, 0.717) is 5.56 Å². The number of carboxylic acid groups (broad SMARTS) is 1. The molecule has 136 valence electrons. The molecule has 8 nitrogen and oxygen atoms in total. The number of hydrogen-bond donors (Lipinski definition) is 2. The number of H-pyrrole nitrogens is 1. The Hall–Kier alpha value is -3.65. The van der Waals surface area contributed by atoms with Gasteiger partial charge in [0.1, 0.15) is 0 Å². The Morgan fingerprint density at radius 1 is 1.30 bits per heavy atom. The normalized spacial score (nSPS) is 11.5. The summed E-state index contributed by atoms with van der Waals surface area (Å²) in [6.45, 7) is 3.77. The average molecular weight is 386 g/mol. The number of nitrogens with zero attached hydrogens (tertiary/aromatic N) is 2. The standard InChI is InChI=1S/C18H12ClN3O5/c1-10-14(8-11-3-2-4-13(7-11)22(26)27)17(23)21(20-10)12-5-6-16(19)15(9-12)18(24)25/h2-9,20H,1H2,(H,24,25)/b14-8-. The van der Waals surface area contributed by atoms with Crippen LogP contribution in [-0.4, -0.2) is 25.8 Å². The van der Waals surface area contributed by atoms with Crippen LogP contribution >= 0.6 is 11.6 Å². The fraction of sp³-hybridized carbons (Fsp3) is 0. The molecule has 0 fully saturated rings. The first-order valence-corrected chi connectivity index (χ1v) is 7.95. The molecular weight excluding hydrogens is 374 g/mol. The number of rotatable bonds is 4. The number of carbonyl (C=O) groups is 1. The van der Waals surface area contributed by atoms with Crippen LogP contribution in [0.5, 0.6) is 0 Å². The van der Waals surface area contributed by atoms with Crippen LogP contribution in [-0.2, 0) is 0 Å². The number of aromatic carboxylic acids is 1. The fourth-order valence-corrected chi connectivity index (χ4v) is 2.74. The molecule has 0 spiro atoms. The zero-order valence-corrected chi connectivity index (χ0v) is 14.4. The van der Waals surface area contributed by atoms with Gasteiger partial charge in [-0.05, 0) is 29.8 Å². The summed E-state index contributed by atoms with van der Waals surface area (Å²) in [5.74, 6) is -1.22. The maximum absolute atomic E-state index is 12.7. The predicted molar refractivity (Wildman–Crippen MR) is 99.8 cm³/mol. The fourth-order valence-electron chi connectivity index (χ4n) is 2.54. The summed E-state index contributed by atoms with van der Waals surface area (Å²) < 4.78 is 1.13. The molecule has 9 heteroatoms. The molecule has 2 N–H and O–H groups in total. The minimum Gasteiger partial charge on any atom is -0.478 e. The highest BCUT2D eigenvalue weighted by atomic mass is 35.5. The summed E-state index contributed by atoms with van der Waals surface area (Å²) in [6, 6.07) is 9.94. The van der Waals surface area contributed by atoms with Crippen LogP contribution in [0, 0.1) is 10.1 Å². The topological polar surface area (TPSA) is 118 Å². The van der Waals surface area contributed by atoms with Crippen molar-refractivity contribution in [1.29, 1.82) is 0 Å². The summed E-state index contributed by atoms with van der Waals surface area (Å²) in [5.41, 5.74) is -0.00485. The van der Waals surface area contributed by atoms with Crippen molar-refractivity contribution in [3.63, 3.8) is 0 Å². The third-order valence-electron chi connectivity index (χ3n) is 3.84. The third kappa shape index (κ3) is 3.51. The molecule has 0 radical (unpaired) electrons. The Bertz CT molecular complexity index is 1240. The maximum atomic E-state index is 12.7. The van der Waals surface area contributed by atoms with Gasteiger partial charge in [0.05, 0.1) is 31.8 Å². The molecule has 0 amide bonds. The van der Waals surface area contributed by atoms with E-state index in [2.05, 4.69) is 11.7 Å². The lowest BCUT2D eigenvalue weighted by molar-refractivity contribution is -0.384. The predicted octanol–water partition coefficient (Wildman–Crippen LogP) is 1.66. The summed E-state index contributed by atoms with van der Waals surface area (Å²) >= 11 is 5.85. The molecule has 0 bridgehead atoms. The van der Waals surface area contributed by atoms with Crippen molar-refractivity contribution in [3.8, 4) is 5.69 Å². The highest BCUT2D eigenvalue weighted by Crippen LogP contribution is 2.18. The first-order valence-electron chi connectivity index (χ1n) is 7.57. The largest absolute Gasteiger partial charge is 0.478 e. The molecule has 0 aliphatic heterocycles. The van der Waals surface area contributed by atoms with E-state index in [9.17, 15) is 24.8 Å². The molecular formula is C18H12ClN3O5. The van der Waals surface area contributed by atoms with E-state index in [1.807, 2.05) is 0 Å². The first-order chi connectivity index (χ1) is 12.8. The van der Waals surface area contributed by atoms with E-state index >= 15 is 0 Å². The SMILES string of the molecule is C=c1[nH]n(-c2ccc(Cl)c(C(=O)O)c2)c(=O)/c1=C\c1cccc([N+](=O)[O-])c1. The number of nitrogens with one attached hydrogen (secondary N) is 1. The van der Waals surface area contributed by atoms with Crippen molar-refractivity contribution in [2.45, 2.75) is 0 Å². The number of aromatic nitrogens is 2. The van der Waals surface area contributed by atoms with Crippen LogP contribution in [0.15, 0.2) is 47.3 Å². The summed E-state index contributed by atoms with van der Waals surface area (Å²) in [7, 11) is 0. The van der Waals surface area contributed by atoms with Gasteiger partial charge in [0, 0.05) is 12.1 Å². The number of benzene rings is 2. The van der Waals surface area contributed by atoms with Crippen LogP contribution in [0.4, 0.5) is 5.69 Å². The van der Waals surface area contributed by atoms with E-state index in [1.165, 1.54) is 42.5 Å². The van der Waals surface area contributed by atoms with Gasteiger partial charge in [-0.25, -0.2) is 9.48 Å². The highest BCUT2D eigenvalue weighted by molar-refractivity contribution is 6.33. The van der Waals surface area contributed by atoms with Gasteiger partial charge in [-0.1, -0.05) is 30.3 Å². The van der Waals surface area contributed by atoms with Crippen LogP contribution in [0.1, 0.15) is 15.9 Å². The van der Waals surface area contributed by atoms with Crippen molar-refractivity contribution < 1.29 is 14.8 Å². The number of halogens is 1. The molecule has 3 rings (SSSR count). The Kier molecular flexibility index (Phi) is 4.66. The maximum Gasteiger partial charge on any atom is 0.337 e. The van der Waals surface area contributed by atoms with Crippen LogP contribution in [0.3, 0.4) is 0 Å². The van der Waals surface area contributed by atoms with Crippen LogP contribution in [0.25, 0.3) is 18.3 Å². The molecule has 0 saturated heterocycles. The van der Waals surface area contributed by atoms with Gasteiger partial charge < -0.3 is 5.11 Å². The third-order valence-corrected chi connectivity index (χ3v) is 4.17. The quantitative estimate of drug-likeness (QED) is 0.523. The molecule has 1 heterocycles. The summed E-state index contributed by atoms with van der Waals surface area (Å²) in [4.78, 5) is 34.3. The van der Waals surface area contributed by atoms with Gasteiger partial charge in [-0.3, -0.25) is 20.0 Å². The first kappa shape index (κ1) is 18.2. The number of aromatic amines is 1. The van der Waals surface area contributed by atoms with Crippen molar-refractivity contribution in [2.75, 3.05) is 0 Å². The molecule has 0 unspecified atom stereocenters. The van der Waals surface area contributed by atoms with Crippen molar-refractivity contribution >= 4 is 35.9 Å². The van der Waals surface area contributed by atoms with E-state index < -0.39 is 16.5 Å². The zero-order chi connectivity index (χ0) is 19.7. The lowest BCUT2D eigenvalue weighted by Gasteiger charge is -2.04. The number of non-ortho nitro benzene ring substituents is 1. The molecule has 2 aromatic carbocycles. The lowest BCUT2D eigenvalue weighted by Crippen LogP contribution is -2.34. The van der Waals surface area contributed by atoms with Crippen molar-refractivity contribution in [2.24, 2.45) is 0 Å². The Balaban J connectivity index is 2.17. The second-order valence-corrected chi connectivity index (χ2v) is 6.02. The highest BCUT2D eigenvalue weighted by Gasteiger charge is 2.12. The molecule has 0 aliphatic rings. The van der Waals surface area contributed by atoms with E-state index in [-0.39, 0.29) is 32.5 Å². The van der Waals surface area contributed by atoms with Crippen molar-refractivity contribution in [1.82, 2.24) is 9.78 Å². The molecule has 0 saturated carbocycles. The van der Waals surface area contributed by atoms with E-state index in [4.69, 9.17) is 11.6 Å². The molecule has 27 heavy (non-hydrogen) atoms. The van der Waals surface area contributed by atoms with E-state index in [0.717, 1.165) is 4.68 Å². The second-order valence-electron chi connectivity index (χ2n) is 5.61.